The highest BCUT2D eigenvalue weighted by molar-refractivity contribution is 5.81. The number of fused-ring (bicyclic) bond motifs is 1. The number of nitrogens with two attached hydrogens (primary N) is 1. The number of aromatic nitrogens is 1. The Morgan fingerprint density at radius 1 is 1.38 bits per heavy atom. The van der Waals surface area contributed by atoms with Crippen LogP contribution < -0.4 is 10.6 Å². The molecule has 112 valence electrons. The van der Waals surface area contributed by atoms with Gasteiger partial charge in [-0.2, -0.15) is 0 Å². The minimum Gasteiger partial charge on any atom is -0.379 e. The van der Waals surface area contributed by atoms with Crippen molar-refractivity contribution in [3.8, 4) is 0 Å². The Labute approximate surface area is 125 Å². The Hall–Kier alpha value is -1.65. The van der Waals surface area contributed by atoms with Crippen molar-refractivity contribution in [2.24, 2.45) is 11.7 Å². The van der Waals surface area contributed by atoms with E-state index in [1.807, 2.05) is 12.1 Å². The molecule has 3 rings (SSSR count). The van der Waals surface area contributed by atoms with Crippen molar-refractivity contribution in [3.05, 3.63) is 35.9 Å². The number of nitrogens with zero attached hydrogens (tertiary/aromatic N) is 2. The van der Waals surface area contributed by atoms with Crippen LogP contribution in [0, 0.1) is 5.92 Å². The Balaban J connectivity index is 1.98. The van der Waals surface area contributed by atoms with E-state index in [1.54, 1.807) is 7.11 Å². The van der Waals surface area contributed by atoms with Crippen molar-refractivity contribution in [1.82, 2.24) is 4.98 Å². The van der Waals surface area contributed by atoms with Gasteiger partial charge in [0.1, 0.15) is 5.82 Å². The van der Waals surface area contributed by atoms with Gasteiger partial charge in [0.15, 0.2) is 0 Å². The third-order valence-corrected chi connectivity index (χ3v) is 4.49. The fraction of sp³-hybridized carbons (Fsp3) is 0.471. The van der Waals surface area contributed by atoms with Gasteiger partial charge in [-0.25, -0.2) is 4.98 Å². The molecule has 1 aromatic heterocycles. The Morgan fingerprint density at radius 2 is 2.19 bits per heavy atom. The number of para-hydroxylation sites is 1. The van der Waals surface area contributed by atoms with Gasteiger partial charge in [-0.15, -0.1) is 0 Å². The Kier molecular flexibility index (Phi) is 4.08. The monoisotopic (exact) mass is 285 g/mol. The van der Waals surface area contributed by atoms with Crippen LogP contribution in [0.5, 0.6) is 0 Å². The fourth-order valence-corrected chi connectivity index (χ4v) is 3.11. The zero-order valence-electron chi connectivity index (χ0n) is 12.7. The predicted molar refractivity (Wildman–Crippen MR) is 86.4 cm³/mol. The number of methoxy groups -OCH3 is 1. The second kappa shape index (κ2) is 6.00. The van der Waals surface area contributed by atoms with Crippen LogP contribution in [0.3, 0.4) is 0 Å². The van der Waals surface area contributed by atoms with Gasteiger partial charge in [-0.05, 0) is 24.5 Å². The van der Waals surface area contributed by atoms with Crippen molar-refractivity contribution in [1.29, 1.82) is 0 Å². The summed E-state index contributed by atoms with van der Waals surface area (Å²) in [5.41, 5.74) is 8.08. The zero-order valence-corrected chi connectivity index (χ0v) is 12.7. The van der Waals surface area contributed by atoms with E-state index >= 15 is 0 Å². The molecule has 0 saturated carbocycles. The van der Waals surface area contributed by atoms with Crippen LogP contribution in [0.15, 0.2) is 30.3 Å². The average molecular weight is 285 g/mol. The first kappa shape index (κ1) is 14.3. The highest BCUT2D eigenvalue weighted by Gasteiger charge is 2.27. The van der Waals surface area contributed by atoms with Gasteiger partial charge in [0.05, 0.1) is 11.6 Å². The minimum absolute atomic E-state index is 0.262. The van der Waals surface area contributed by atoms with Crippen LogP contribution >= 0.6 is 0 Å². The van der Waals surface area contributed by atoms with Crippen molar-refractivity contribution >= 4 is 16.7 Å². The molecule has 1 aliphatic heterocycles. The first-order chi connectivity index (χ1) is 10.2. The summed E-state index contributed by atoms with van der Waals surface area (Å²) in [5.74, 6) is 1.61. The normalized spacial score (nSPS) is 22.7. The molecule has 0 bridgehead atoms. The molecule has 1 saturated heterocycles. The van der Waals surface area contributed by atoms with Crippen molar-refractivity contribution in [2.75, 3.05) is 25.1 Å². The van der Waals surface area contributed by atoms with Gasteiger partial charge in [0, 0.05) is 37.7 Å². The first-order valence-corrected chi connectivity index (χ1v) is 7.59. The van der Waals surface area contributed by atoms with Gasteiger partial charge in [0.25, 0.3) is 0 Å². The summed E-state index contributed by atoms with van der Waals surface area (Å²) in [5, 5.41) is 1.15. The summed E-state index contributed by atoms with van der Waals surface area (Å²) in [6.07, 6.45) is 1.38. The molecular formula is C17H23N3O. The van der Waals surface area contributed by atoms with Gasteiger partial charge in [-0.3, -0.25) is 0 Å². The van der Waals surface area contributed by atoms with E-state index in [2.05, 4.69) is 30.0 Å². The lowest BCUT2D eigenvalue weighted by atomic mass is 9.95. The van der Waals surface area contributed by atoms with Crippen LogP contribution in [0.25, 0.3) is 10.9 Å². The average Bonchev–Trinajstić information content (AvgIpc) is 2.54. The maximum atomic E-state index is 5.94. The molecule has 0 aliphatic carbocycles. The van der Waals surface area contributed by atoms with E-state index < -0.39 is 0 Å². The molecule has 0 radical (unpaired) electrons. The lowest BCUT2D eigenvalue weighted by Gasteiger charge is -2.37. The van der Waals surface area contributed by atoms with E-state index in [0.29, 0.717) is 12.5 Å². The quantitative estimate of drug-likeness (QED) is 0.941. The molecule has 21 heavy (non-hydrogen) atoms. The van der Waals surface area contributed by atoms with Crippen molar-refractivity contribution in [2.45, 2.75) is 26.0 Å². The topological polar surface area (TPSA) is 51.4 Å². The summed E-state index contributed by atoms with van der Waals surface area (Å²) in [6.45, 7) is 4.66. The summed E-state index contributed by atoms with van der Waals surface area (Å²) < 4.78 is 5.62. The second-order valence-electron chi connectivity index (χ2n) is 5.85. The van der Waals surface area contributed by atoms with E-state index in [0.717, 1.165) is 41.8 Å². The molecule has 1 aliphatic rings. The summed E-state index contributed by atoms with van der Waals surface area (Å²) in [7, 11) is 1.79. The number of pyridine rings is 1. The molecule has 1 aromatic carbocycles. The van der Waals surface area contributed by atoms with E-state index in [9.17, 15) is 0 Å². The van der Waals surface area contributed by atoms with Gasteiger partial charge < -0.3 is 15.4 Å². The molecule has 2 heterocycles. The third kappa shape index (κ3) is 2.74. The molecule has 4 heteroatoms. The molecule has 2 N–H and O–H groups in total. The minimum atomic E-state index is 0.262. The second-order valence-corrected chi connectivity index (χ2v) is 5.85. The maximum Gasteiger partial charge on any atom is 0.133 e. The van der Waals surface area contributed by atoms with Crippen LogP contribution in [-0.4, -0.2) is 31.3 Å². The molecule has 0 amide bonds. The van der Waals surface area contributed by atoms with Crippen molar-refractivity contribution < 1.29 is 4.74 Å². The summed E-state index contributed by atoms with van der Waals surface area (Å²) in [6, 6.07) is 10.4. The molecular weight excluding hydrogens is 262 g/mol. The van der Waals surface area contributed by atoms with Crippen molar-refractivity contribution in [3.63, 3.8) is 0 Å². The van der Waals surface area contributed by atoms with Crippen LogP contribution in [0.1, 0.15) is 18.9 Å². The van der Waals surface area contributed by atoms with E-state index in [-0.39, 0.29) is 6.10 Å². The van der Waals surface area contributed by atoms with Crippen LogP contribution in [-0.2, 0) is 11.3 Å². The van der Waals surface area contributed by atoms with Crippen LogP contribution in [0.2, 0.25) is 0 Å². The number of anilines is 1. The molecule has 0 spiro atoms. The third-order valence-electron chi connectivity index (χ3n) is 4.49. The molecule has 4 nitrogen and oxygen atoms in total. The zero-order chi connectivity index (χ0) is 14.8. The molecule has 2 unspecified atom stereocenters. The molecule has 2 atom stereocenters. The highest BCUT2D eigenvalue weighted by atomic mass is 16.5. The Morgan fingerprint density at radius 3 is 2.95 bits per heavy atom. The number of hydrogen-bond donors (Lipinski definition) is 1. The SMILES string of the molecule is COC1CN(c2nc3ccccc3cc2CN)CCC1C. The van der Waals surface area contributed by atoms with Crippen LogP contribution in [0.4, 0.5) is 5.82 Å². The van der Waals surface area contributed by atoms with Gasteiger partial charge in [-0.1, -0.05) is 25.1 Å². The molecule has 2 aromatic rings. The highest BCUT2D eigenvalue weighted by Crippen LogP contribution is 2.28. The van der Waals surface area contributed by atoms with Gasteiger partial charge >= 0.3 is 0 Å². The summed E-state index contributed by atoms with van der Waals surface area (Å²) in [4.78, 5) is 7.18. The standard InChI is InChI=1S/C17H23N3O/c1-12-7-8-20(11-16(12)21-2)17-14(10-18)9-13-5-3-4-6-15(13)19-17/h3-6,9,12,16H,7-8,10-11,18H2,1-2H3. The van der Waals surface area contributed by atoms with Gasteiger partial charge in [0.2, 0.25) is 0 Å². The number of rotatable bonds is 3. The number of benzene rings is 1. The fourth-order valence-electron chi connectivity index (χ4n) is 3.11. The predicted octanol–water partition coefficient (Wildman–Crippen LogP) is 2.55. The number of ether oxygens (including phenoxy) is 1. The lowest BCUT2D eigenvalue weighted by molar-refractivity contribution is 0.0496. The van der Waals surface area contributed by atoms with E-state index in [4.69, 9.17) is 15.5 Å². The summed E-state index contributed by atoms with van der Waals surface area (Å²) >= 11 is 0. The lowest BCUT2D eigenvalue weighted by Crippen LogP contribution is -2.44. The smallest absolute Gasteiger partial charge is 0.133 e. The number of piperidine rings is 1. The largest absolute Gasteiger partial charge is 0.379 e. The first-order valence-electron chi connectivity index (χ1n) is 7.59. The maximum absolute atomic E-state index is 5.94. The number of hydrogen-bond acceptors (Lipinski definition) is 4. The van der Waals surface area contributed by atoms with E-state index in [1.165, 1.54) is 0 Å². The molecule has 1 fully saturated rings. The Bertz CT molecular complexity index is 628.